The molecule has 4 nitrogen and oxygen atoms in total. The zero-order valence-electron chi connectivity index (χ0n) is 11.5. The van der Waals surface area contributed by atoms with E-state index >= 15 is 0 Å². The lowest BCUT2D eigenvalue weighted by atomic mass is 10.2. The van der Waals surface area contributed by atoms with E-state index in [1.165, 1.54) is 0 Å². The van der Waals surface area contributed by atoms with Crippen LogP contribution in [0, 0.1) is 0 Å². The lowest BCUT2D eigenvalue weighted by Gasteiger charge is -2.30. The predicted molar refractivity (Wildman–Crippen MR) is 82.2 cm³/mol. The molecule has 0 spiro atoms. The Morgan fingerprint density at radius 2 is 2.16 bits per heavy atom. The van der Waals surface area contributed by atoms with Gasteiger partial charge in [-0.1, -0.05) is 27.2 Å². The van der Waals surface area contributed by atoms with Gasteiger partial charge in [0.05, 0.1) is 10.8 Å². The molecule has 1 saturated heterocycles. The SMILES string of the molecule is CCCc1c(O)nc(C2CSC(C)C(C)S2)[nH]c1=O. The third-order valence-electron chi connectivity index (χ3n) is 3.37. The van der Waals surface area contributed by atoms with Crippen molar-refractivity contribution in [3.8, 4) is 5.88 Å². The lowest BCUT2D eigenvalue weighted by molar-refractivity contribution is 0.439. The molecular formula is C13H20N2O2S2. The van der Waals surface area contributed by atoms with Gasteiger partial charge in [-0.3, -0.25) is 4.79 Å². The highest BCUT2D eigenvalue weighted by molar-refractivity contribution is 8.07. The van der Waals surface area contributed by atoms with E-state index in [9.17, 15) is 9.90 Å². The Balaban J connectivity index is 2.24. The number of thioether (sulfide) groups is 2. The van der Waals surface area contributed by atoms with Crippen molar-refractivity contribution in [2.75, 3.05) is 5.75 Å². The highest BCUT2D eigenvalue weighted by atomic mass is 32.2. The summed E-state index contributed by atoms with van der Waals surface area (Å²) in [6, 6.07) is 0. The molecule has 0 radical (unpaired) electrons. The number of nitrogens with one attached hydrogen (secondary N) is 1. The maximum Gasteiger partial charge on any atom is 0.257 e. The van der Waals surface area contributed by atoms with E-state index in [-0.39, 0.29) is 16.7 Å². The summed E-state index contributed by atoms with van der Waals surface area (Å²) in [5.74, 6) is 1.43. The van der Waals surface area contributed by atoms with Crippen molar-refractivity contribution in [1.82, 2.24) is 9.97 Å². The van der Waals surface area contributed by atoms with Gasteiger partial charge in [0.25, 0.3) is 5.56 Å². The Kier molecular flexibility index (Phi) is 4.84. The number of rotatable bonds is 3. The van der Waals surface area contributed by atoms with Crippen LogP contribution in [0.2, 0.25) is 0 Å². The fourth-order valence-electron chi connectivity index (χ4n) is 2.06. The van der Waals surface area contributed by atoms with Gasteiger partial charge in [-0.2, -0.15) is 16.7 Å². The number of aromatic amines is 1. The summed E-state index contributed by atoms with van der Waals surface area (Å²) < 4.78 is 0. The van der Waals surface area contributed by atoms with Crippen LogP contribution >= 0.6 is 23.5 Å². The molecule has 1 aromatic rings. The van der Waals surface area contributed by atoms with Gasteiger partial charge in [-0.25, -0.2) is 0 Å². The molecule has 19 heavy (non-hydrogen) atoms. The van der Waals surface area contributed by atoms with Gasteiger partial charge in [0, 0.05) is 16.3 Å². The summed E-state index contributed by atoms with van der Waals surface area (Å²) in [5, 5.41) is 11.2. The molecule has 1 aliphatic heterocycles. The van der Waals surface area contributed by atoms with E-state index in [0.717, 1.165) is 12.2 Å². The minimum Gasteiger partial charge on any atom is -0.493 e. The number of nitrogens with zero attached hydrogens (tertiary/aromatic N) is 1. The van der Waals surface area contributed by atoms with Crippen LogP contribution in [-0.4, -0.2) is 31.3 Å². The zero-order valence-corrected chi connectivity index (χ0v) is 13.1. The molecule has 0 bridgehead atoms. The molecule has 2 heterocycles. The van der Waals surface area contributed by atoms with Gasteiger partial charge in [-0.15, -0.1) is 11.8 Å². The molecule has 0 amide bonds. The second-order valence-electron chi connectivity index (χ2n) is 4.87. The van der Waals surface area contributed by atoms with Crippen molar-refractivity contribution in [3.63, 3.8) is 0 Å². The molecule has 1 fully saturated rings. The van der Waals surface area contributed by atoms with Crippen LogP contribution < -0.4 is 5.56 Å². The topological polar surface area (TPSA) is 66.0 Å². The predicted octanol–water partition coefficient (Wildman–Crippen LogP) is 2.73. The van der Waals surface area contributed by atoms with Crippen molar-refractivity contribution in [1.29, 1.82) is 0 Å². The maximum atomic E-state index is 12.0. The third-order valence-corrected chi connectivity index (χ3v) is 6.77. The summed E-state index contributed by atoms with van der Waals surface area (Å²) in [6.07, 6.45) is 1.38. The van der Waals surface area contributed by atoms with Crippen LogP contribution in [0.25, 0.3) is 0 Å². The van der Waals surface area contributed by atoms with Gasteiger partial charge in [0.15, 0.2) is 0 Å². The smallest absolute Gasteiger partial charge is 0.257 e. The molecule has 1 aliphatic rings. The van der Waals surface area contributed by atoms with Crippen LogP contribution in [0.4, 0.5) is 0 Å². The van der Waals surface area contributed by atoms with E-state index < -0.39 is 0 Å². The third kappa shape index (κ3) is 3.28. The van der Waals surface area contributed by atoms with Crippen molar-refractivity contribution in [2.24, 2.45) is 0 Å². The molecule has 6 heteroatoms. The van der Waals surface area contributed by atoms with Gasteiger partial charge in [0.1, 0.15) is 5.82 Å². The summed E-state index contributed by atoms with van der Waals surface area (Å²) in [5.41, 5.74) is 0.211. The second kappa shape index (κ2) is 6.22. The first-order chi connectivity index (χ1) is 9.02. The number of aromatic hydroxyl groups is 1. The van der Waals surface area contributed by atoms with Crippen LogP contribution in [0.1, 0.15) is 43.8 Å². The maximum absolute atomic E-state index is 12.0. The molecule has 1 aromatic heterocycles. The molecule has 3 unspecified atom stereocenters. The first-order valence-corrected chi connectivity index (χ1v) is 8.61. The highest BCUT2D eigenvalue weighted by Gasteiger charge is 2.29. The highest BCUT2D eigenvalue weighted by Crippen LogP contribution is 2.43. The number of hydrogen-bond acceptors (Lipinski definition) is 5. The average Bonchev–Trinajstić information content (AvgIpc) is 2.37. The van der Waals surface area contributed by atoms with Crippen molar-refractivity contribution >= 4 is 23.5 Å². The fraction of sp³-hybridized carbons (Fsp3) is 0.692. The Bertz CT molecular complexity index is 504. The van der Waals surface area contributed by atoms with Crippen molar-refractivity contribution in [2.45, 2.75) is 49.4 Å². The Hall–Kier alpha value is -0.620. The zero-order chi connectivity index (χ0) is 14.0. The van der Waals surface area contributed by atoms with E-state index in [0.29, 0.717) is 28.3 Å². The minimum atomic E-state index is -0.193. The molecule has 2 rings (SSSR count). The van der Waals surface area contributed by atoms with Crippen molar-refractivity contribution in [3.05, 3.63) is 21.7 Å². The summed E-state index contributed by atoms with van der Waals surface area (Å²) in [6.45, 7) is 6.39. The summed E-state index contributed by atoms with van der Waals surface area (Å²) >= 11 is 3.71. The molecule has 2 N–H and O–H groups in total. The van der Waals surface area contributed by atoms with Gasteiger partial charge in [-0.05, 0) is 6.42 Å². The van der Waals surface area contributed by atoms with E-state index in [1.807, 2.05) is 30.4 Å². The number of aromatic nitrogens is 2. The molecule has 0 aliphatic carbocycles. The summed E-state index contributed by atoms with van der Waals surface area (Å²) in [4.78, 5) is 19.0. The Morgan fingerprint density at radius 3 is 2.74 bits per heavy atom. The van der Waals surface area contributed by atoms with Crippen LogP contribution in [0.3, 0.4) is 0 Å². The van der Waals surface area contributed by atoms with Gasteiger partial charge >= 0.3 is 0 Å². The second-order valence-corrected chi connectivity index (χ2v) is 7.87. The monoisotopic (exact) mass is 300 g/mol. The Labute approximate surface area is 121 Å². The van der Waals surface area contributed by atoms with Gasteiger partial charge in [0.2, 0.25) is 5.88 Å². The quantitative estimate of drug-likeness (QED) is 0.898. The molecule has 0 aromatic carbocycles. The van der Waals surface area contributed by atoms with Crippen molar-refractivity contribution < 1.29 is 5.11 Å². The van der Waals surface area contributed by atoms with E-state index in [1.54, 1.807) is 0 Å². The van der Waals surface area contributed by atoms with E-state index in [4.69, 9.17) is 0 Å². The minimum absolute atomic E-state index is 0.0996. The standard InChI is InChI=1S/C13H20N2O2S2/c1-4-5-9-12(16)14-11(15-13(9)17)10-6-18-7(2)8(3)19-10/h7-8,10H,4-6H2,1-3H3,(H2,14,15,16,17). The first-order valence-electron chi connectivity index (χ1n) is 6.62. The van der Waals surface area contributed by atoms with Crippen LogP contribution in [0.15, 0.2) is 4.79 Å². The summed E-state index contributed by atoms with van der Waals surface area (Å²) in [7, 11) is 0. The molecule has 0 saturated carbocycles. The molecule has 106 valence electrons. The average molecular weight is 300 g/mol. The first kappa shape index (κ1) is 14.8. The number of hydrogen-bond donors (Lipinski definition) is 2. The number of H-pyrrole nitrogens is 1. The molecule has 3 atom stereocenters. The lowest BCUT2D eigenvalue weighted by Crippen LogP contribution is -2.25. The van der Waals surface area contributed by atoms with Crippen LogP contribution in [-0.2, 0) is 6.42 Å². The Morgan fingerprint density at radius 1 is 1.42 bits per heavy atom. The largest absolute Gasteiger partial charge is 0.493 e. The fourth-order valence-corrected chi connectivity index (χ4v) is 4.92. The molecular weight excluding hydrogens is 280 g/mol. The van der Waals surface area contributed by atoms with Crippen LogP contribution in [0.5, 0.6) is 5.88 Å². The van der Waals surface area contributed by atoms with Gasteiger partial charge < -0.3 is 10.1 Å². The normalized spacial score (nSPS) is 27.4. The van der Waals surface area contributed by atoms with E-state index in [2.05, 4.69) is 23.8 Å².